The second kappa shape index (κ2) is 5.56. The highest BCUT2D eigenvalue weighted by Crippen LogP contribution is 2.29. The molecule has 0 bridgehead atoms. The molecular formula is C18H17N3O2S. The van der Waals surface area contributed by atoms with Crippen LogP contribution in [0.3, 0.4) is 0 Å². The van der Waals surface area contributed by atoms with Gasteiger partial charge in [-0.05, 0) is 35.7 Å². The van der Waals surface area contributed by atoms with E-state index in [1.54, 1.807) is 18.2 Å². The maximum absolute atomic E-state index is 11.9. The van der Waals surface area contributed by atoms with Crippen molar-refractivity contribution in [3.63, 3.8) is 0 Å². The van der Waals surface area contributed by atoms with Crippen LogP contribution in [0, 0.1) is 0 Å². The van der Waals surface area contributed by atoms with E-state index in [1.807, 2.05) is 6.07 Å². The van der Waals surface area contributed by atoms with Gasteiger partial charge < -0.3 is 4.90 Å². The van der Waals surface area contributed by atoms with Gasteiger partial charge in [0.1, 0.15) is 12.1 Å². The summed E-state index contributed by atoms with van der Waals surface area (Å²) in [7, 11) is -3.26. The van der Waals surface area contributed by atoms with E-state index in [1.165, 1.54) is 23.7 Å². The molecule has 6 heteroatoms. The average Bonchev–Trinajstić information content (AvgIpc) is 2.59. The number of aromatic nitrogens is 2. The van der Waals surface area contributed by atoms with Crippen molar-refractivity contribution in [1.82, 2.24) is 9.97 Å². The maximum Gasteiger partial charge on any atom is 0.175 e. The number of hydrogen-bond acceptors (Lipinski definition) is 5. The number of nitrogens with zero attached hydrogens (tertiary/aromatic N) is 3. The van der Waals surface area contributed by atoms with Crippen LogP contribution in [-0.4, -0.2) is 31.2 Å². The summed E-state index contributed by atoms with van der Waals surface area (Å²) in [4.78, 5) is 11.2. The molecule has 0 atom stereocenters. The van der Waals surface area contributed by atoms with Crippen LogP contribution in [0.5, 0.6) is 0 Å². The van der Waals surface area contributed by atoms with Gasteiger partial charge in [-0.2, -0.15) is 0 Å². The highest BCUT2D eigenvalue weighted by molar-refractivity contribution is 7.90. The van der Waals surface area contributed by atoms with Crippen molar-refractivity contribution in [2.24, 2.45) is 0 Å². The summed E-state index contributed by atoms with van der Waals surface area (Å²) >= 11 is 0. The summed E-state index contributed by atoms with van der Waals surface area (Å²) in [5.74, 6) is 0.792. The number of hydrogen-bond donors (Lipinski definition) is 0. The summed E-state index contributed by atoms with van der Waals surface area (Å²) in [6.45, 7) is 1.62. The molecule has 0 N–H and O–H groups in total. The molecule has 2 aromatic carbocycles. The maximum atomic E-state index is 11.9. The summed E-state index contributed by atoms with van der Waals surface area (Å²) in [6, 6.07) is 13.4. The van der Waals surface area contributed by atoms with Crippen molar-refractivity contribution in [3.8, 4) is 0 Å². The zero-order chi connectivity index (χ0) is 16.7. The molecule has 0 spiro atoms. The van der Waals surface area contributed by atoms with E-state index in [0.29, 0.717) is 4.90 Å². The second-order valence-corrected chi connectivity index (χ2v) is 8.10. The highest BCUT2D eigenvalue weighted by Gasteiger charge is 2.20. The fraction of sp³-hybridized carbons (Fsp3) is 0.222. The van der Waals surface area contributed by atoms with Crippen molar-refractivity contribution in [3.05, 3.63) is 59.9 Å². The van der Waals surface area contributed by atoms with Crippen LogP contribution in [0.15, 0.2) is 53.7 Å². The van der Waals surface area contributed by atoms with Crippen LogP contribution < -0.4 is 4.90 Å². The lowest BCUT2D eigenvalue weighted by Gasteiger charge is -2.30. The zero-order valence-electron chi connectivity index (χ0n) is 13.3. The third-order valence-corrected chi connectivity index (χ3v) is 5.55. The Balaban J connectivity index is 1.82. The average molecular weight is 339 g/mol. The quantitative estimate of drug-likeness (QED) is 0.718. The fourth-order valence-electron chi connectivity index (χ4n) is 3.18. The van der Waals surface area contributed by atoms with Crippen LogP contribution in [0.2, 0.25) is 0 Å². The summed E-state index contributed by atoms with van der Waals surface area (Å²) in [5, 5.41) is 0.778. The third kappa shape index (κ3) is 2.63. The molecule has 0 unspecified atom stereocenters. The lowest BCUT2D eigenvalue weighted by molar-refractivity contribution is 0.602. The number of fused-ring (bicyclic) bond motifs is 2. The summed E-state index contributed by atoms with van der Waals surface area (Å²) in [5.41, 5.74) is 3.41. The van der Waals surface area contributed by atoms with Gasteiger partial charge in [-0.25, -0.2) is 18.4 Å². The van der Waals surface area contributed by atoms with Gasteiger partial charge >= 0.3 is 0 Å². The van der Waals surface area contributed by atoms with Crippen LogP contribution in [-0.2, 0) is 22.8 Å². The smallest absolute Gasteiger partial charge is 0.175 e. The first-order valence-electron chi connectivity index (χ1n) is 7.79. The molecule has 2 heterocycles. The molecule has 1 aliphatic rings. The summed E-state index contributed by atoms with van der Waals surface area (Å²) in [6.07, 6.45) is 3.71. The van der Waals surface area contributed by atoms with Crippen molar-refractivity contribution in [2.45, 2.75) is 17.9 Å². The van der Waals surface area contributed by atoms with Crippen LogP contribution >= 0.6 is 0 Å². The minimum Gasteiger partial charge on any atom is -0.351 e. The van der Waals surface area contributed by atoms with Gasteiger partial charge in [-0.3, -0.25) is 0 Å². The Kier molecular flexibility index (Phi) is 3.49. The SMILES string of the molecule is CS(=O)(=O)c1ccc2ncnc(N3CCc4ccccc4C3)c2c1. The van der Waals surface area contributed by atoms with Gasteiger partial charge in [0.05, 0.1) is 10.4 Å². The molecule has 4 rings (SSSR count). The molecule has 0 radical (unpaired) electrons. The van der Waals surface area contributed by atoms with E-state index in [0.717, 1.165) is 36.2 Å². The number of rotatable bonds is 2. The fourth-order valence-corrected chi connectivity index (χ4v) is 3.83. The van der Waals surface area contributed by atoms with E-state index in [-0.39, 0.29) is 0 Å². The Labute approximate surface area is 140 Å². The Hall–Kier alpha value is -2.47. The minimum atomic E-state index is -3.26. The standard InChI is InChI=1S/C18H17N3O2S/c1-24(22,23)15-6-7-17-16(10-15)18(20-12-19-17)21-9-8-13-4-2-3-5-14(13)11-21/h2-7,10,12H,8-9,11H2,1H3. The Morgan fingerprint density at radius 2 is 1.83 bits per heavy atom. The molecule has 0 amide bonds. The van der Waals surface area contributed by atoms with E-state index in [9.17, 15) is 8.42 Å². The van der Waals surface area contributed by atoms with Crippen LogP contribution in [0.1, 0.15) is 11.1 Å². The molecule has 0 fully saturated rings. The molecule has 1 aliphatic heterocycles. The molecule has 1 aromatic heterocycles. The largest absolute Gasteiger partial charge is 0.351 e. The van der Waals surface area contributed by atoms with Crippen molar-refractivity contribution in [1.29, 1.82) is 0 Å². The van der Waals surface area contributed by atoms with Crippen LogP contribution in [0.4, 0.5) is 5.82 Å². The molecule has 0 aliphatic carbocycles. The van der Waals surface area contributed by atoms with Crippen molar-refractivity contribution < 1.29 is 8.42 Å². The normalized spacial score (nSPS) is 14.6. The Bertz CT molecular complexity index is 1030. The predicted molar refractivity (Wildman–Crippen MR) is 93.8 cm³/mol. The molecule has 3 aromatic rings. The van der Waals surface area contributed by atoms with Gasteiger partial charge in [0.2, 0.25) is 0 Å². The predicted octanol–water partition coefficient (Wildman–Crippen LogP) is 2.60. The summed E-state index contributed by atoms with van der Waals surface area (Å²) < 4.78 is 23.7. The lowest BCUT2D eigenvalue weighted by atomic mass is 10.00. The number of benzene rings is 2. The van der Waals surface area contributed by atoms with E-state index in [4.69, 9.17) is 0 Å². The Morgan fingerprint density at radius 3 is 2.62 bits per heavy atom. The lowest BCUT2D eigenvalue weighted by Crippen LogP contribution is -2.31. The van der Waals surface area contributed by atoms with E-state index < -0.39 is 9.84 Å². The van der Waals surface area contributed by atoms with E-state index in [2.05, 4.69) is 33.1 Å². The molecular weight excluding hydrogens is 322 g/mol. The number of anilines is 1. The molecule has 0 saturated heterocycles. The molecule has 24 heavy (non-hydrogen) atoms. The van der Waals surface area contributed by atoms with Gasteiger partial charge in [-0.15, -0.1) is 0 Å². The van der Waals surface area contributed by atoms with Gasteiger partial charge in [0.25, 0.3) is 0 Å². The van der Waals surface area contributed by atoms with E-state index >= 15 is 0 Å². The molecule has 5 nitrogen and oxygen atoms in total. The van der Waals surface area contributed by atoms with Gasteiger partial charge in [-0.1, -0.05) is 24.3 Å². The van der Waals surface area contributed by atoms with Gasteiger partial charge in [0, 0.05) is 24.7 Å². The first-order chi connectivity index (χ1) is 11.5. The highest BCUT2D eigenvalue weighted by atomic mass is 32.2. The third-order valence-electron chi connectivity index (χ3n) is 4.44. The van der Waals surface area contributed by atoms with Crippen molar-refractivity contribution >= 4 is 26.6 Å². The monoisotopic (exact) mass is 339 g/mol. The number of sulfone groups is 1. The van der Waals surface area contributed by atoms with Crippen molar-refractivity contribution in [2.75, 3.05) is 17.7 Å². The van der Waals surface area contributed by atoms with Gasteiger partial charge in [0.15, 0.2) is 9.84 Å². The zero-order valence-corrected chi connectivity index (χ0v) is 14.1. The first-order valence-corrected chi connectivity index (χ1v) is 9.68. The second-order valence-electron chi connectivity index (χ2n) is 6.09. The molecule has 0 saturated carbocycles. The minimum absolute atomic E-state index is 0.295. The topological polar surface area (TPSA) is 63.2 Å². The van der Waals surface area contributed by atoms with Crippen LogP contribution in [0.25, 0.3) is 10.9 Å². The first kappa shape index (κ1) is 15.1. The Morgan fingerprint density at radius 1 is 1.04 bits per heavy atom. The molecule has 122 valence electrons.